The number of halogens is 1. The summed E-state index contributed by atoms with van der Waals surface area (Å²) in [6.45, 7) is -0.0321. The molecule has 0 aromatic carbocycles. The summed E-state index contributed by atoms with van der Waals surface area (Å²) in [6.07, 6.45) is 7.05. The van der Waals surface area contributed by atoms with E-state index in [9.17, 15) is 9.59 Å². The second kappa shape index (κ2) is 6.74. The number of amides is 2. The molecule has 1 aromatic heterocycles. The summed E-state index contributed by atoms with van der Waals surface area (Å²) in [5, 5.41) is 0. The third-order valence-corrected chi connectivity index (χ3v) is 3.79. The summed E-state index contributed by atoms with van der Waals surface area (Å²) < 4.78 is 5.89. The summed E-state index contributed by atoms with van der Waals surface area (Å²) >= 11 is 3.20. The van der Waals surface area contributed by atoms with Gasteiger partial charge in [0.15, 0.2) is 4.67 Å². The van der Waals surface area contributed by atoms with Crippen LogP contribution in [0.15, 0.2) is 27.3 Å². The van der Waals surface area contributed by atoms with E-state index in [0.29, 0.717) is 10.4 Å². The topological polar surface area (TPSA) is 76.5 Å². The Labute approximate surface area is 125 Å². The zero-order chi connectivity index (χ0) is 14.5. The number of carbonyl (C=O) groups is 2. The van der Waals surface area contributed by atoms with E-state index in [4.69, 9.17) is 10.2 Å². The number of nitrogens with two attached hydrogens (primary N) is 1. The fraction of sp³-hybridized carbons (Fsp3) is 0.429. The van der Waals surface area contributed by atoms with Crippen molar-refractivity contribution in [3.05, 3.63) is 28.6 Å². The second-order valence-electron chi connectivity index (χ2n) is 4.85. The van der Waals surface area contributed by atoms with Crippen molar-refractivity contribution in [2.45, 2.75) is 31.7 Å². The van der Waals surface area contributed by atoms with E-state index < -0.39 is 5.91 Å². The van der Waals surface area contributed by atoms with Crippen LogP contribution in [0.1, 0.15) is 31.4 Å². The number of rotatable bonds is 5. The lowest BCUT2D eigenvalue weighted by Crippen LogP contribution is -2.43. The Morgan fingerprint density at radius 1 is 1.40 bits per heavy atom. The van der Waals surface area contributed by atoms with E-state index in [1.807, 2.05) is 0 Å². The second-order valence-corrected chi connectivity index (χ2v) is 5.63. The van der Waals surface area contributed by atoms with Gasteiger partial charge in [-0.15, -0.1) is 0 Å². The van der Waals surface area contributed by atoms with Crippen LogP contribution in [0.5, 0.6) is 0 Å². The molecule has 0 unspecified atom stereocenters. The molecule has 0 atom stereocenters. The molecular weight excluding hydrogens is 324 g/mol. The largest absolute Gasteiger partial charge is 0.450 e. The number of furan rings is 1. The average molecular weight is 341 g/mol. The molecule has 0 saturated heterocycles. The molecule has 1 heterocycles. The minimum atomic E-state index is -0.487. The predicted octanol–water partition coefficient (Wildman–Crippen LogP) is 2.31. The lowest BCUT2D eigenvalue weighted by Gasteiger charge is -2.26. The molecular formula is C14H17BrN2O3. The van der Waals surface area contributed by atoms with E-state index in [1.165, 1.54) is 6.08 Å². The SMILES string of the molecule is NC(=O)CN(C(=O)C=Cc1ccc(Br)o1)C1CCCC1. The van der Waals surface area contributed by atoms with Crippen LogP contribution in [-0.4, -0.2) is 29.3 Å². The highest BCUT2D eigenvalue weighted by molar-refractivity contribution is 9.10. The van der Waals surface area contributed by atoms with Crippen LogP contribution in [0, 0.1) is 0 Å². The van der Waals surface area contributed by atoms with Gasteiger partial charge in [-0.05, 0) is 47.0 Å². The zero-order valence-corrected chi connectivity index (χ0v) is 12.6. The van der Waals surface area contributed by atoms with Crippen molar-refractivity contribution in [3.63, 3.8) is 0 Å². The van der Waals surface area contributed by atoms with E-state index in [-0.39, 0.29) is 18.5 Å². The smallest absolute Gasteiger partial charge is 0.247 e. The first kappa shape index (κ1) is 14.8. The maximum Gasteiger partial charge on any atom is 0.247 e. The van der Waals surface area contributed by atoms with E-state index in [2.05, 4.69) is 15.9 Å². The Morgan fingerprint density at radius 3 is 2.65 bits per heavy atom. The Balaban J connectivity index is 2.05. The fourth-order valence-electron chi connectivity index (χ4n) is 2.44. The van der Waals surface area contributed by atoms with Crippen LogP contribution in [0.3, 0.4) is 0 Å². The van der Waals surface area contributed by atoms with Crippen molar-refractivity contribution >= 4 is 33.8 Å². The third-order valence-electron chi connectivity index (χ3n) is 3.36. The van der Waals surface area contributed by atoms with Crippen molar-refractivity contribution in [3.8, 4) is 0 Å². The molecule has 108 valence electrons. The van der Waals surface area contributed by atoms with Crippen LogP contribution >= 0.6 is 15.9 Å². The summed E-state index contributed by atoms with van der Waals surface area (Å²) in [4.78, 5) is 24.9. The molecule has 1 aromatic rings. The summed E-state index contributed by atoms with van der Waals surface area (Å²) in [5.41, 5.74) is 5.23. The summed E-state index contributed by atoms with van der Waals surface area (Å²) in [5.74, 6) is -0.113. The van der Waals surface area contributed by atoms with Crippen molar-refractivity contribution in [1.82, 2.24) is 4.90 Å². The van der Waals surface area contributed by atoms with Gasteiger partial charge in [0, 0.05) is 12.1 Å². The van der Waals surface area contributed by atoms with Gasteiger partial charge in [0.2, 0.25) is 11.8 Å². The van der Waals surface area contributed by atoms with Crippen molar-refractivity contribution in [2.24, 2.45) is 5.73 Å². The Morgan fingerprint density at radius 2 is 2.10 bits per heavy atom. The molecule has 2 amide bonds. The van der Waals surface area contributed by atoms with Gasteiger partial charge in [-0.1, -0.05) is 12.8 Å². The maximum atomic E-state index is 12.2. The van der Waals surface area contributed by atoms with Crippen molar-refractivity contribution < 1.29 is 14.0 Å². The van der Waals surface area contributed by atoms with E-state index in [0.717, 1.165) is 25.7 Å². The molecule has 1 aliphatic rings. The first-order chi connectivity index (χ1) is 9.56. The Hall–Kier alpha value is -1.56. The molecule has 1 saturated carbocycles. The number of hydrogen-bond acceptors (Lipinski definition) is 3. The van der Waals surface area contributed by atoms with Gasteiger partial charge in [0.05, 0.1) is 6.54 Å². The molecule has 0 aliphatic heterocycles. The van der Waals surface area contributed by atoms with Crippen molar-refractivity contribution in [2.75, 3.05) is 6.54 Å². The Kier molecular flexibility index (Phi) is 5.00. The quantitative estimate of drug-likeness (QED) is 0.835. The molecule has 0 radical (unpaired) electrons. The highest BCUT2D eigenvalue weighted by Crippen LogP contribution is 2.24. The first-order valence-corrected chi connectivity index (χ1v) is 7.38. The van der Waals surface area contributed by atoms with Gasteiger partial charge < -0.3 is 15.1 Å². The number of carbonyl (C=O) groups excluding carboxylic acids is 2. The van der Waals surface area contributed by atoms with Gasteiger partial charge in [0.25, 0.3) is 0 Å². The van der Waals surface area contributed by atoms with Crippen LogP contribution in [0.25, 0.3) is 6.08 Å². The minimum Gasteiger partial charge on any atom is -0.450 e. The average Bonchev–Trinajstić information content (AvgIpc) is 3.04. The Bertz CT molecular complexity index is 518. The lowest BCUT2D eigenvalue weighted by atomic mass is 10.2. The minimum absolute atomic E-state index is 0.0321. The van der Waals surface area contributed by atoms with E-state index >= 15 is 0 Å². The number of primary amides is 1. The standard InChI is InChI=1S/C14H17BrN2O3/c15-12-7-5-11(20-12)6-8-14(19)17(9-13(16)18)10-3-1-2-4-10/h5-8,10H,1-4,9H2,(H2,16,18). The fourth-order valence-corrected chi connectivity index (χ4v) is 2.76. The molecule has 6 heteroatoms. The van der Waals surface area contributed by atoms with Gasteiger partial charge in [-0.3, -0.25) is 9.59 Å². The predicted molar refractivity (Wildman–Crippen MR) is 78.6 cm³/mol. The van der Waals surface area contributed by atoms with Crippen LogP contribution < -0.4 is 5.73 Å². The van der Waals surface area contributed by atoms with Crippen LogP contribution in [-0.2, 0) is 9.59 Å². The van der Waals surface area contributed by atoms with Gasteiger partial charge in [0.1, 0.15) is 5.76 Å². The van der Waals surface area contributed by atoms with Crippen LogP contribution in [0.4, 0.5) is 0 Å². The molecule has 1 aliphatic carbocycles. The third kappa shape index (κ3) is 3.96. The number of nitrogens with zero attached hydrogens (tertiary/aromatic N) is 1. The molecule has 2 rings (SSSR count). The highest BCUT2D eigenvalue weighted by atomic mass is 79.9. The lowest BCUT2D eigenvalue weighted by molar-refractivity contribution is -0.133. The molecule has 2 N–H and O–H groups in total. The molecule has 0 bridgehead atoms. The normalized spacial score (nSPS) is 15.8. The monoisotopic (exact) mass is 340 g/mol. The summed E-state index contributed by atoms with van der Waals surface area (Å²) in [7, 11) is 0. The van der Waals surface area contributed by atoms with Gasteiger partial charge in [-0.2, -0.15) is 0 Å². The van der Waals surface area contributed by atoms with Gasteiger partial charge >= 0.3 is 0 Å². The highest BCUT2D eigenvalue weighted by Gasteiger charge is 2.26. The summed E-state index contributed by atoms with van der Waals surface area (Å²) in [6, 6.07) is 3.62. The van der Waals surface area contributed by atoms with Crippen LogP contribution in [0.2, 0.25) is 0 Å². The maximum absolute atomic E-state index is 12.2. The number of hydrogen-bond donors (Lipinski definition) is 1. The molecule has 0 spiro atoms. The molecule has 20 heavy (non-hydrogen) atoms. The first-order valence-electron chi connectivity index (χ1n) is 6.58. The van der Waals surface area contributed by atoms with E-state index in [1.54, 1.807) is 23.1 Å². The molecule has 5 nitrogen and oxygen atoms in total. The zero-order valence-electron chi connectivity index (χ0n) is 11.0. The van der Waals surface area contributed by atoms with Gasteiger partial charge in [-0.25, -0.2) is 0 Å². The molecule has 1 fully saturated rings. The van der Waals surface area contributed by atoms with Crippen molar-refractivity contribution in [1.29, 1.82) is 0 Å².